The minimum Gasteiger partial charge on any atom is -0.388 e. The Hall–Kier alpha value is -0.720. The molecule has 0 saturated heterocycles. The van der Waals surface area contributed by atoms with Crippen LogP contribution >= 0.6 is 34.2 Å². The maximum atomic E-state index is 13.1. The molecule has 0 amide bonds. The Bertz CT molecular complexity index is 604. The fourth-order valence-corrected chi connectivity index (χ4v) is 2.82. The Labute approximate surface area is 128 Å². The molecule has 0 aliphatic carbocycles. The van der Waals surface area contributed by atoms with Crippen molar-refractivity contribution in [1.82, 2.24) is 0 Å². The number of halogens is 4. The third-order valence-electron chi connectivity index (χ3n) is 2.74. The number of rotatable bonds is 3. The SMILES string of the molecule is OC(Cc1cc(F)ccc1Cl)c1ccc(F)cc1I. The van der Waals surface area contributed by atoms with Crippen LogP contribution in [-0.2, 0) is 6.42 Å². The van der Waals surface area contributed by atoms with Crippen LogP contribution in [0.4, 0.5) is 8.78 Å². The highest BCUT2D eigenvalue weighted by Gasteiger charge is 2.14. The summed E-state index contributed by atoms with van der Waals surface area (Å²) in [6.45, 7) is 0. The van der Waals surface area contributed by atoms with Gasteiger partial charge >= 0.3 is 0 Å². The lowest BCUT2D eigenvalue weighted by Crippen LogP contribution is -2.05. The van der Waals surface area contributed by atoms with Gasteiger partial charge in [0.05, 0.1) is 6.10 Å². The van der Waals surface area contributed by atoms with E-state index in [-0.39, 0.29) is 12.2 Å². The molecule has 2 aromatic rings. The van der Waals surface area contributed by atoms with E-state index in [2.05, 4.69) is 0 Å². The zero-order valence-corrected chi connectivity index (χ0v) is 12.6. The van der Waals surface area contributed by atoms with Crippen LogP contribution in [0.3, 0.4) is 0 Å². The maximum absolute atomic E-state index is 13.1. The van der Waals surface area contributed by atoms with Crippen molar-refractivity contribution in [2.75, 3.05) is 0 Å². The topological polar surface area (TPSA) is 20.2 Å². The van der Waals surface area contributed by atoms with Crippen molar-refractivity contribution >= 4 is 34.2 Å². The number of benzene rings is 2. The molecular weight excluding hydrogens is 385 g/mol. The van der Waals surface area contributed by atoms with Crippen LogP contribution in [0.15, 0.2) is 36.4 Å². The van der Waals surface area contributed by atoms with Crippen molar-refractivity contribution in [1.29, 1.82) is 0 Å². The van der Waals surface area contributed by atoms with E-state index in [9.17, 15) is 13.9 Å². The summed E-state index contributed by atoms with van der Waals surface area (Å²) in [6, 6.07) is 8.16. The summed E-state index contributed by atoms with van der Waals surface area (Å²) >= 11 is 7.91. The van der Waals surface area contributed by atoms with Gasteiger partial charge in [-0.05, 0) is 64.0 Å². The predicted molar refractivity (Wildman–Crippen MR) is 79.2 cm³/mol. The van der Waals surface area contributed by atoms with Gasteiger partial charge in [0.2, 0.25) is 0 Å². The molecule has 0 aromatic heterocycles. The van der Waals surface area contributed by atoms with Gasteiger partial charge in [0.25, 0.3) is 0 Å². The van der Waals surface area contributed by atoms with Crippen LogP contribution in [0.1, 0.15) is 17.2 Å². The molecule has 0 aliphatic rings. The number of hydrogen-bond acceptors (Lipinski definition) is 1. The minimum absolute atomic E-state index is 0.179. The average Bonchev–Trinajstić information content (AvgIpc) is 2.33. The Morgan fingerprint density at radius 3 is 2.42 bits per heavy atom. The average molecular weight is 395 g/mol. The van der Waals surface area contributed by atoms with E-state index in [0.29, 0.717) is 19.7 Å². The molecule has 2 aromatic carbocycles. The highest BCUT2D eigenvalue weighted by molar-refractivity contribution is 14.1. The molecule has 0 bridgehead atoms. The summed E-state index contributed by atoms with van der Waals surface area (Å²) in [4.78, 5) is 0. The van der Waals surface area contributed by atoms with E-state index in [1.54, 1.807) is 0 Å². The molecule has 1 nitrogen and oxygen atoms in total. The molecule has 1 N–H and O–H groups in total. The Balaban J connectivity index is 2.25. The van der Waals surface area contributed by atoms with E-state index in [0.717, 1.165) is 0 Å². The van der Waals surface area contributed by atoms with Gasteiger partial charge in [-0.15, -0.1) is 0 Å². The van der Waals surface area contributed by atoms with Crippen molar-refractivity contribution in [3.8, 4) is 0 Å². The molecule has 100 valence electrons. The fraction of sp³-hybridized carbons (Fsp3) is 0.143. The monoisotopic (exact) mass is 394 g/mol. The molecule has 1 unspecified atom stereocenters. The molecule has 1 atom stereocenters. The zero-order chi connectivity index (χ0) is 14.0. The van der Waals surface area contributed by atoms with Crippen LogP contribution in [0.2, 0.25) is 5.02 Å². The summed E-state index contributed by atoms with van der Waals surface area (Å²) in [6.07, 6.45) is -0.676. The standard InChI is InChI=1S/C14H10ClF2IO/c15-12-4-2-9(16)5-8(12)6-14(19)11-3-1-10(17)7-13(11)18/h1-5,7,14,19H,6H2. The third kappa shape index (κ3) is 3.64. The fourth-order valence-electron chi connectivity index (χ4n) is 1.79. The predicted octanol–water partition coefficient (Wildman–Crippen LogP) is 4.50. The summed E-state index contributed by atoms with van der Waals surface area (Å²) in [5, 5.41) is 10.6. The summed E-state index contributed by atoms with van der Waals surface area (Å²) in [5.74, 6) is -0.760. The quantitative estimate of drug-likeness (QED) is 0.760. The van der Waals surface area contributed by atoms with Gasteiger partial charge in [-0.3, -0.25) is 0 Å². The van der Waals surface area contributed by atoms with Gasteiger partial charge in [0.15, 0.2) is 0 Å². The first-order valence-electron chi connectivity index (χ1n) is 5.54. The lowest BCUT2D eigenvalue weighted by Gasteiger charge is -2.14. The molecule has 0 saturated carbocycles. The minimum atomic E-state index is -0.855. The number of hydrogen-bond donors (Lipinski definition) is 1. The molecule has 0 spiro atoms. The van der Waals surface area contributed by atoms with E-state index < -0.39 is 11.9 Å². The summed E-state index contributed by atoms with van der Waals surface area (Å²) in [7, 11) is 0. The van der Waals surface area contributed by atoms with Crippen molar-refractivity contribution in [3.63, 3.8) is 0 Å². The molecule has 0 radical (unpaired) electrons. The largest absolute Gasteiger partial charge is 0.388 e. The smallest absolute Gasteiger partial charge is 0.124 e. The van der Waals surface area contributed by atoms with Gasteiger partial charge < -0.3 is 5.11 Å². The van der Waals surface area contributed by atoms with Crippen molar-refractivity contribution < 1.29 is 13.9 Å². The van der Waals surface area contributed by atoms with E-state index in [4.69, 9.17) is 11.6 Å². The highest BCUT2D eigenvalue weighted by Crippen LogP contribution is 2.27. The van der Waals surface area contributed by atoms with Crippen LogP contribution in [0.5, 0.6) is 0 Å². The van der Waals surface area contributed by atoms with Gasteiger partial charge in [-0.1, -0.05) is 17.7 Å². The van der Waals surface area contributed by atoms with Crippen LogP contribution < -0.4 is 0 Å². The van der Waals surface area contributed by atoms with Crippen molar-refractivity contribution in [2.24, 2.45) is 0 Å². The third-order valence-corrected chi connectivity index (χ3v) is 4.05. The number of aliphatic hydroxyl groups is 1. The molecule has 0 aliphatic heterocycles. The molecule has 0 heterocycles. The maximum Gasteiger partial charge on any atom is 0.124 e. The van der Waals surface area contributed by atoms with Crippen LogP contribution in [0.25, 0.3) is 0 Å². The van der Waals surface area contributed by atoms with E-state index >= 15 is 0 Å². The normalized spacial score (nSPS) is 12.5. The molecular formula is C14H10ClF2IO. The van der Waals surface area contributed by atoms with Gasteiger partial charge in [0, 0.05) is 15.0 Å². The lowest BCUT2D eigenvalue weighted by atomic mass is 10.0. The van der Waals surface area contributed by atoms with E-state index in [1.165, 1.54) is 36.4 Å². The summed E-state index contributed by atoms with van der Waals surface area (Å²) < 4.78 is 26.8. The van der Waals surface area contributed by atoms with Gasteiger partial charge in [0.1, 0.15) is 11.6 Å². The lowest BCUT2D eigenvalue weighted by molar-refractivity contribution is 0.177. The molecule has 0 fully saturated rings. The second kappa shape index (κ2) is 6.15. The second-order valence-corrected chi connectivity index (χ2v) is 5.69. The van der Waals surface area contributed by atoms with Gasteiger partial charge in [-0.2, -0.15) is 0 Å². The first-order valence-corrected chi connectivity index (χ1v) is 7.00. The van der Waals surface area contributed by atoms with Crippen LogP contribution in [-0.4, -0.2) is 5.11 Å². The van der Waals surface area contributed by atoms with Crippen LogP contribution in [0, 0.1) is 15.2 Å². The Morgan fingerprint density at radius 2 is 1.74 bits per heavy atom. The Morgan fingerprint density at radius 1 is 1.11 bits per heavy atom. The molecule has 2 rings (SSSR count). The molecule has 19 heavy (non-hydrogen) atoms. The summed E-state index contributed by atoms with van der Waals surface area (Å²) in [5.41, 5.74) is 1.12. The van der Waals surface area contributed by atoms with Gasteiger partial charge in [-0.25, -0.2) is 8.78 Å². The Kier molecular flexibility index (Phi) is 4.76. The number of aliphatic hydroxyl groups excluding tert-OH is 1. The highest BCUT2D eigenvalue weighted by atomic mass is 127. The zero-order valence-electron chi connectivity index (χ0n) is 9.71. The second-order valence-electron chi connectivity index (χ2n) is 4.12. The molecule has 5 heteroatoms. The van der Waals surface area contributed by atoms with E-state index in [1.807, 2.05) is 22.6 Å². The first-order chi connectivity index (χ1) is 8.97. The first kappa shape index (κ1) is 14.7. The van der Waals surface area contributed by atoms with Crippen molar-refractivity contribution in [2.45, 2.75) is 12.5 Å². The van der Waals surface area contributed by atoms with Crippen molar-refractivity contribution in [3.05, 3.63) is 67.8 Å².